The predicted octanol–water partition coefficient (Wildman–Crippen LogP) is 7.20. The van der Waals surface area contributed by atoms with Crippen LogP contribution in [-0.4, -0.2) is 53.9 Å². The molecule has 0 spiro atoms. The zero-order valence-corrected chi connectivity index (χ0v) is 26.8. The maximum atomic E-state index is 13.8. The third-order valence-corrected chi connectivity index (χ3v) is 8.77. The molecule has 0 unspecified atom stereocenters. The number of hydrogen-bond donors (Lipinski definition) is 0. The molecule has 2 fully saturated rings. The molecule has 2 heterocycles. The van der Waals surface area contributed by atoms with Gasteiger partial charge in [0.05, 0.1) is 38.6 Å². The van der Waals surface area contributed by atoms with Crippen LogP contribution < -0.4 is 4.74 Å². The molecule has 1 saturated carbocycles. The van der Waals surface area contributed by atoms with E-state index in [9.17, 15) is 9.59 Å². The van der Waals surface area contributed by atoms with E-state index in [2.05, 4.69) is 47.8 Å². The predicted molar refractivity (Wildman–Crippen MR) is 160 cm³/mol. The monoisotopic (exact) mass is 630 g/mol. The molecule has 0 N–H and O–H groups in total. The Bertz CT molecular complexity index is 1220. The van der Waals surface area contributed by atoms with E-state index in [4.69, 9.17) is 18.9 Å². The summed E-state index contributed by atoms with van der Waals surface area (Å²) in [7, 11) is 1.60. The second-order valence-corrected chi connectivity index (χ2v) is 13.1. The number of aromatic nitrogens is 1. The van der Waals surface area contributed by atoms with E-state index in [0.29, 0.717) is 11.8 Å². The van der Waals surface area contributed by atoms with E-state index in [0.717, 1.165) is 28.4 Å². The van der Waals surface area contributed by atoms with Crippen LogP contribution in [0.4, 0.5) is 4.79 Å². The van der Waals surface area contributed by atoms with Crippen molar-refractivity contribution in [3.63, 3.8) is 0 Å². The molecule has 1 saturated heterocycles. The largest absolute Gasteiger partial charge is 0.481 e. The lowest BCUT2D eigenvalue weighted by Gasteiger charge is -2.35. The van der Waals surface area contributed by atoms with Crippen molar-refractivity contribution in [1.82, 2.24) is 9.88 Å². The van der Waals surface area contributed by atoms with Gasteiger partial charge in [0.1, 0.15) is 6.04 Å². The highest BCUT2D eigenvalue weighted by Crippen LogP contribution is 2.51. The zero-order chi connectivity index (χ0) is 29.9. The fourth-order valence-electron chi connectivity index (χ4n) is 6.02. The van der Waals surface area contributed by atoms with Gasteiger partial charge in [0.25, 0.3) is 0 Å². The van der Waals surface area contributed by atoms with E-state index in [1.165, 1.54) is 12.0 Å². The minimum atomic E-state index is -0.912. The molecule has 1 aliphatic heterocycles. The Hall–Kier alpha value is -2.65. The average Bonchev–Trinajstić information content (AvgIpc) is 3.22. The minimum absolute atomic E-state index is 0.196. The molecule has 1 aromatic heterocycles. The molecule has 1 aliphatic carbocycles. The molecule has 4 rings (SSSR count). The number of rotatable bonds is 9. The second kappa shape index (κ2) is 13.1. The number of carbonyl (C=O) groups is 2. The number of benzene rings is 1. The third kappa shape index (κ3) is 6.72. The molecule has 224 valence electrons. The first-order chi connectivity index (χ1) is 19.5. The summed E-state index contributed by atoms with van der Waals surface area (Å²) in [6.07, 6.45) is 3.91. The quantitative estimate of drug-likeness (QED) is 0.271. The van der Waals surface area contributed by atoms with Crippen molar-refractivity contribution in [3.05, 3.63) is 57.7 Å². The summed E-state index contributed by atoms with van der Waals surface area (Å²) in [4.78, 5) is 33.6. The Kier molecular flexibility index (Phi) is 10.0. The first kappa shape index (κ1) is 31.3. The highest BCUT2D eigenvalue weighted by atomic mass is 79.9. The molecule has 1 aromatic carbocycles. The van der Waals surface area contributed by atoms with Crippen molar-refractivity contribution < 1.29 is 28.5 Å². The summed E-state index contributed by atoms with van der Waals surface area (Å²) < 4.78 is 24.5. The van der Waals surface area contributed by atoms with E-state index >= 15 is 0 Å². The molecule has 41 heavy (non-hydrogen) atoms. The number of esters is 1. The molecule has 0 radical (unpaired) electrons. The van der Waals surface area contributed by atoms with Gasteiger partial charge >= 0.3 is 12.1 Å². The topological polar surface area (TPSA) is 87.2 Å². The number of methoxy groups -OCH3 is 1. The van der Waals surface area contributed by atoms with Gasteiger partial charge in [-0.1, -0.05) is 61.3 Å². The number of pyridine rings is 1. The van der Waals surface area contributed by atoms with Gasteiger partial charge in [0.2, 0.25) is 5.88 Å². The van der Waals surface area contributed by atoms with Crippen LogP contribution in [0.5, 0.6) is 5.88 Å². The Morgan fingerprint density at radius 1 is 1.17 bits per heavy atom. The fourth-order valence-corrected chi connectivity index (χ4v) is 6.53. The molecule has 8 nitrogen and oxygen atoms in total. The Morgan fingerprint density at radius 2 is 1.88 bits per heavy atom. The van der Waals surface area contributed by atoms with Crippen LogP contribution in [0.1, 0.15) is 89.5 Å². The summed E-state index contributed by atoms with van der Waals surface area (Å²) >= 11 is 3.70. The number of ether oxygens (including phenoxy) is 4. The first-order valence-electron chi connectivity index (χ1n) is 14.5. The zero-order valence-electron chi connectivity index (χ0n) is 25.2. The fraction of sp³-hybridized carbons (Fsp3) is 0.594. The summed E-state index contributed by atoms with van der Waals surface area (Å²) in [6, 6.07) is 8.31. The first-order valence-corrected chi connectivity index (χ1v) is 15.3. The van der Waals surface area contributed by atoms with E-state index in [1.54, 1.807) is 32.8 Å². The summed E-state index contributed by atoms with van der Waals surface area (Å²) in [6.45, 7) is 12.0. The number of hydrogen-bond acceptors (Lipinski definition) is 7. The Labute approximate surface area is 252 Å². The number of nitrogens with zero attached hydrogens (tertiary/aromatic N) is 2. The summed E-state index contributed by atoms with van der Waals surface area (Å²) in [5.41, 5.74) is 2.41. The minimum Gasteiger partial charge on any atom is -0.481 e. The van der Waals surface area contributed by atoms with Crippen LogP contribution in [0.3, 0.4) is 0 Å². The van der Waals surface area contributed by atoms with Gasteiger partial charge in [-0.15, -0.1) is 0 Å². The van der Waals surface area contributed by atoms with Crippen LogP contribution in [0.2, 0.25) is 0 Å². The van der Waals surface area contributed by atoms with Crippen molar-refractivity contribution in [2.75, 3.05) is 13.7 Å². The molecule has 1 amide bonds. The number of halogens is 1. The van der Waals surface area contributed by atoms with Gasteiger partial charge in [-0.25, -0.2) is 14.6 Å². The third-order valence-electron chi connectivity index (χ3n) is 8.05. The molecular weight excluding hydrogens is 588 g/mol. The molecule has 2 aliphatic rings. The standard InChI is InChI=1S/C32H43BrN2O6/c1-8-39-30(36)27-25(32(4,5)6)28(40-18-22-16-21(20-12-11-13-20)17-34-29(22)38-7)26(23-14-9-10-15-24(23)33)35(27)31(37)41-19(2)3/h9-10,14-17,19-20,25-28H,8,11-13,18H2,1-7H3/t25-,26+,27+,28+/m1/s1. The Morgan fingerprint density at radius 3 is 2.44 bits per heavy atom. The van der Waals surface area contributed by atoms with E-state index < -0.39 is 41.6 Å². The Balaban J connectivity index is 1.83. The molecular formula is C32H43BrN2O6. The lowest BCUT2D eigenvalue weighted by atomic mass is 9.73. The molecule has 0 bridgehead atoms. The van der Waals surface area contributed by atoms with Crippen molar-refractivity contribution in [3.8, 4) is 5.88 Å². The van der Waals surface area contributed by atoms with Crippen molar-refractivity contribution in [2.24, 2.45) is 11.3 Å². The van der Waals surface area contributed by atoms with E-state index in [1.807, 2.05) is 30.5 Å². The maximum absolute atomic E-state index is 13.8. The number of likely N-dealkylation sites (tertiary alicyclic amines) is 1. The van der Waals surface area contributed by atoms with Crippen LogP contribution >= 0.6 is 15.9 Å². The van der Waals surface area contributed by atoms with Gasteiger partial charge in [-0.3, -0.25) is 4.90 Å². The SMILES string of the molecule is CCOC(=O)[C@@H]1[C@@H](C(C)(C)C)[C@H](OCc2cc(C3CCC3)cnc2OC)[C@H](c2ccccc2Br)N1C(=O)OC(C)C. The normalized spacial score (nSPS) is 22.9. The van der Waals surface area contributed by atoms with Crippen LogP contribution in [0.15, 0.2) is 41.0 Å². The summed E-state index contributed by atoms with van der Waals surface area (Å²) in [5.74, 6) is 0.131. The highest BCUT2D eigenvalue weighted by Gasteiger charge is 2.60. The van der Waals surface area contributed by atoms with Crippen LogP contribution in [-0.2, 0) is 25.6 Å². The second-order valence-electron chi connectivity index (χ2n) is 12.2. The van der Waals surface area contributed by atoms with Crippen LogP contribution in [0, 0.1) is 11.3 Å². The van der Waals surface area contributed by atoms with Gasteiger partial charge in [-0.2, -0.15) is 0 Å². The number of carbonyl (C=O) groups excluding carboxylic acids is 2. The van der Waals surface area contributed by atoms with Gasteiger partial charge in [-0.05, 0) is 68.2 Å². The lowest BCUT2D eigenvalue weighted by Crippen LogP contribution is -2.48. The van der Waals surface area contributed by atoms with Crippen molar-refractivity contribution in [2.45, 2.75) is 97.6 Å². The van der Waals surface area contributed by atoms with Crippen molar-refractivity contribution in [1.29, 1.82) is 0 Å². The molecule has 9 heteroatoms. The van der Waals surface area contributed by atoms with Gasteiger partial charge in [0.15, 0.2) is 0 Å². The van der Waals surface area contributed by atoms with Gasteiger partial charge in [0, 0.05) is 22.2 Å². The average molecular weight is 632 g/mol. The smallest absolute Gasteiger partial charge is 0.411 e. The lowest BCUT2D eigenvalue weighted by molar-refractivity contribution is -0.151. The van der Waals surface area contributed by atoms with Crippen LogP contribution in [0.25, 0.3) is 0 Å². The summed E-state index contributed by atoms with van der Waals surface area (Å²) in [5, 5.41) is 0. The number of amides is 1. The molecule has 4 atom stereocenters. The maximum Gasteiger partial charge on any atom is 0.411 e. The highest BCUT2D eigenvalue weighted by molar-refractivity contribution is 9.10. The molecule has 2 aromatic rings. The van der Waals surface area contributed by atoms with Gasteiger partial charge < -0.3 is 18.9 Å². The van der Waals surface area contributed by atoms with E-state index in [-0.39, 0.29) is 19.3 Å². The van der Waals surface area contributed by atoms with Crippen molar-refractivity contribution >= 4 is 28.0 Å².